The van der Waals surface area contributed by atoms with Crippen molar-refractivity contribution < 1.29 is 9.53 Å². The van der Waals surface area contributed by atoms with E-state index in [0.29, 0.717) is 0 Å². The molecule has 0 radical (unpaired) electrons. The molecule has 0 aliphatic carbocycles. The maximum absolute atomic E-state index is 11.7. The van der Waals surface area contributed by atoms with Crippen LogP contribution in [0.15, 0.2) is 28.7 Å². The minimum absolute atomic E-state index is 0. The molecule has 0 aromatic heterocycles. The van der Waals surface area contributed by atoms with Gasteiger partial charge in [-0.1, -0.05) is 28.1 Å². The Labute approximate surface area is 122 Å². The lowest BCUT2D eigenvalue weighted by molar-refractivity contribution is -0.131. The Morgan fingerprint density at radius 2 is 2.00 bits per heavy atom. The maximum atomic E-state index is 11.7. The van der Waals surface area contributed by atoms with Gasteiger partial charge in [0, 0.05) is 18.1 Å². The summed E-state index contributed by atoms with van der Waals surface area (Å²) >= 11 is 3.37. The van der Waals surface area contributed by atoms with Gasteiger partial charge in [0.25, 0.3) is 5.91 Å². The first-order chi connectivity index (χ1) is 8.08. The van der Waals surface area contributed by atoms with Gasteiger partial charge in [-0.2, -0.15) is 0 Å². The topological polar surface area (TPSA) is 64.3 Å². The Morgan fingerprint density at radius 3 is 2.44 bits per heavy atom. The number of methoxy groups -OCH3 is 1. The van der Waals surface area contributed by atoms with Crippen LogP contribution in [0.2, 0.25) is 0 Å². The van der Waals surface area contributed by atoms with Crippen molar-refractivity contribution in [2.45, 2.75) is 19.1 Å². The van der Waals surface area contributed by atoms with Gasteiger partial charge in [0.15, 0.2) is 0 Å². The fraction of sp³-hybridized carbons (Fsp3) is 0.417. The van der Waals surface area contributed by atoms with E-state index in [1.165, 1.54) is 7.11 Å². The van der Waals surface area contributed by atoms with Crippen molar-refractivity contribution in [3.05, 3.63) is 34.3 Å². The number of hydrogen-bond acceptors (Lipinski definition) is 3. The van der Waals surface area contributed by atoms with E-state index in [9.17, 15) is 4.79 Å². The van der Waals surface area contributed by atoms with Crippen molar-refractivity contribution >= 4 is 34.2 Å². The molecule has 0 saturated heterocycles. The zero-order valence-corrected chi connectivity index (χ0v) is 12.8. The number of carbonyl (C=O) groups excluding carboxylic acids is 1. The molecule has 1 aromatic carbocycles. The molecule has 2 atom stereocenters. The van der Waals surface area contributed by atoms with E-state index in [4.69, 9.17) is 10.5 Å². The molecule has 0 bridgehead atoms. The second-order valence-electron chi connectivity index (χ2n) is 3.74. The zero-order valence-electron chi connectivity index (χ0n) is 10.4. The average Bonchev–Trinajstić information content (AvgIpc) is 2.31. The quantitative estimate of drug-likeness (QED) is 0.864. The van der Waals surface area contributed by atoms with Crippen molar-refractivity contribution in [3.63, 3.8) is 0 Å². The molecular weight excluding hydrogens is 320 g/mol. The first-order valence-corrected chi connectivity index (χ1v) is 6.16. The van der Waals surface area contributed by atoms with Crippen LogP contribution in [0.1, 0.15) is 18.5 Å². The van der Waals surface area contributed by atoms with E-state index in [-0.39, 0.29) is 30.9 Å². The molecule has 3 N–H and O–H groups in total. The molecule has 102 valence electrons. The number of ether oxygens (including phenoxy) is 1. The zero-order chi connectivity index (χ0) is 12.8. The van der Waals surface area contributed by atoms with E-state index >= 15 is 0 Å². The molecule has 0 aliphatic heterocycles. The monoisotopic (exact) mass is 336 g/mol. The number of rotatable bonds is 5. The van der Waals surface area contributed by atoms with Gasteiger partial charge in [-0.15, -0.1) is 12.4 Å². The number of benzene rings is 1. The number of nitrogens with one attached hydrogen (secondary N) is 1. The summed E-state index contributed by atoms with van der Waals surface area (Å²) < 4.78 is 5.98. The van der Waals surface area contributed by atoms with E-state index < -0.39 is 6.10 Å². The van der Waals surface area contributed by atoms with Crippen LogP contribution < -0.4 is 11.1 Å². The Hall–Kier alpha value is -0.620. The minimum atomic E-state index is -0.590. The van der Waals surface area contributed by atoms with Gasteiger partial charge in [0.05, 0.1) is 6.04 Å². The molecular formula is C12H18BrClN2O2. The lowest BCUT2D eigenvalue weighted by Crippen LogP contribution is -2.41. The van der Waals surface area contributed by atoms with Gasteiger partial charge in [-0.25, -0.2) is 0 Å². The lowest BCUT2D eigenvalue weighted by Gasteiger charge is -2.18. The Bertz CT molecular complexity index is 369. The van der Waals surface area contributed by atoms with Gasteiger partial charge in [0.2, 0.25) is 0 Å². The summed E-state index contributed by atoms with van der Waals surface area (Å²) in [5, 5.41) is 2.86. The summed E-state index contributed by atoms with van der Waals surface area (Å²) in [6.07, 6.45) is -0.590. The van der Waals surface area contributed by atoms with Crippen molar-refractivity contribution in [3.8, 4) is 0 Å². The Kier molecular flexibility index (Phi) is 8.18. The number of nitrogens with two attached hydrogens (primary N) is 1. The van der Waals surface area contributed by atoms with E-state index in [1.807, 2.05) is 31.2 Å². The third kappa shape index (κ3) is 4.94. The molecule has 0 heterocycles. The Morgan fingerprint density at radius 1 is 1.44 bits per heavy atom. The SMILES string of the molecule is COC(CN)C(=O)NC(C)c1ccc(Br)cc1.Cl. The summed E-state index contributed by atoms with van der Waals surface area (Å²) in [5.74, 6) is -0.189. The van der Waals surface area contributed by atoms with Crippen molar-refractivity contribution in [2.24, 2.45) is 5.73 Å². The number of halogens is 2. The van der Waals surface area contributed by atoms with Gasteiger partial charge >= 0.3 is 0 Å². The molecule has 1 rings (SSSR count). The molecule has 0 aliphatic rings. The molecule has 2 unspecified atom stereocenters. The second kappa shape index (κ2) is 8.48. The van der Waals surface area contributed by atoms with Crippen molar-refractivity contribution in [1.29, 1.82) is 0 Å². The molecule has 1 amide bonds. The molecule has 0 spiro atoms. The largest absolute Gasteiger partial charge is 0.370 e. The van der Waals surface area contributed by atoms with Crippen LogP contribution >= 0.6 is 28.3 Å². The highest BCUT2D eigenvalue weighted by Crippen LogP contribution is 2.16. The third-order valence-corrected chi connectivity index (χ3v) is 3.05. The highest BCUT2D eigenvalue weighted by atomic mass is 79.9. The molecule has 1 aromatic rings. The van der Waals surface area contributed by atoms with Crippen LogP contribution in [0.3, 0.4) is 0 Å². The highest BCUT2D eigenvalue weighted by molar-refractivity contribution is 9.10. The molecule has 18 heavy (non-hydrogen) atoms. The summed E-state index contributed by atoms with van der Waals surface area (Å²) in [7, 11) is 1.47. The molecule has 4 nitrogen and oxygen atoms in total. The molecule has 0 saturated carbocycles. The fourth-order valence-corrected chi connectivity index (χ4v) is 1.72. The predicted molar refractivity (Wildman–Crippen MR) is 77.8 cm³/mol. The van der Waals surface area contributed by atoms with Gasteiger partial charge < -0.3 is 15.8 Å². The average molecular weight is 338 g/mol. The second-order valence-corrected chi connectivity index (χ2v) is 4.66. The fourth-order valence-electron chi connectivity index (χ4n) is 1.45. The summed E-state index contributed by atoms with van der Waals surface area (Å²) in [5.41, 5.74) is 6.46. The van der Waals surface area contributed by atoms with Crippen LogP contribution in [0.25, 0.3) is 0 Å². The molecule has 6 heteroatoms. The first kappa shape index (κ1) is 17.4. The van der Waals surface area contributed by atoms with Crippen LogP contribution in [0, 0.1) is 0 Å². The third-order valence-electron chi connectivity index (χ3n) is 2.52. The standard InChI is InChI=1S/C12H17BrN2O2.ClH/c1-8(9-3-5-10(13)6-4-9)15-12(16)11(7-14)17-2;/h3-6,8,11H,7,14H2,1-2H3,(H,15,16);1H. The number of hydrogen-bond donors (Lipinski definition) is 2. The first-order valence-electron chi connectivity index (χ1n) is 5.37. The van der Waals surface area contributed by atoms with Gasteiger partial charge in [-0.05, 0) is 24.6 Å². The summed E-state index contributed by atoms with van der Waals surface area (Å²) in [4.78, 5) is 11.7. The highest BCUT2D eigenvalue weighted by Gasteiger charge is 2.18. The Balaban J connectivity index is 0.00000289. The normalized spacial score (nSPS) is 13.3. The smallest absolute Gasteiger partial charge is 0.250 e. The summed E-state index contributed by atoms with van der Waals surface area (Å²) in [6, 6.07) is 7.72. The van der Waals surface area contributed by atoms with Crippen LogP contribution in [-0.2, 0) is 9.53 Å². The van der Waals surface area contributed by atoms with Gasteiger partial charge in [0.1, 0.15) is 6.10 Å². The van der Waals surface area contributed by atoms with Crippen LogP contribution in [0.4, 0.5) is 0 Å². The van der Waals surface area contributed by atoms with Crippen LogP contribution in [-0.4, -0.2) is 25.7 Å². The van der Waals surface area contributed by atoms with E-state index in [2.05, 4.69) is 21.2 Å². The summed E-state index contributed by atoms with van der Waals surface area (Å²) in [6.45, 7) is 2.10. The van der Waals surface area contributed by atoms with Gasteiger partial charge in [-0.3, -0.25) is 4.79 Å². The van der Waals surface area contributed by atoms with Crippen molar-refractivity contribution in [2.75, 3.05) is 13.7 Å². The van der Waals surface area contributed by atoms with E-state index in [0.717, 1.165) is 10.0 Å². The molecule has 0 fully saturated rings. The minimum Gasteiger partial charge on any atom is -0.370 e. The predicted octanol–water partition coefficient (Wildman–Crippen LogP) is 2.02. The lowest BCUT2D eigenvalue weighted by atomic mass is 10.1. The number of amides is 1. The number of carbonyl (C=O) groups is 1. The van der Waals surface area contributed by atoms with Crippen molar-refractivity contribution in [1.82, 2.24) is 5.32 Å². The van der Waals surface area contributed by atoms with E-state index in [1.54, 1.807) is 0 Å². The maximum Gasteiger partial charge on any atom is 0.250 e. The van der Waals surface area contributed by atoms with Crippen LogP contribution in [0.5, 0.6) is 0 Å².